The molecule has 0 radical (unpaired) electrons. The molecule has 14 heteroatoms. The Kier molecular flexibility index (Phi) is 8.73. The SMILES string of the molecule is CNC(=O)c1cc(-c2cc([C@H]3[C@H](COC)N(C(=O)OC(C)(C)C)CCN3S(C)(=O)=O)cc(Cl)n2)ncn1. The molecule has 0 unspecified atom stereocenters. The molecule has 2 atom stereocenters. The molecule has 1 aliphatic heterocycles. The molecule has 2 aromatic heterocycles. The average molecular weight is 555 g/mol. The predicted octanol–water partition coefficient (Wildman–Crippen LogP) is 2.12. The van der Waals surface area contributed by atoms with Crippen molar-refractivity contribution in [1.29, 1.82) is 0 Å². The van der Waals surface area contributed by atoms with Gasteiger partial charge in [-0.2, -0.15) is 4.31 Å². The number of rotatable bonds is 6. The van der Waals surface area contributed by atoms with Crippen molar-refractivity contribution in [3.05, 3.63) is 40.9 Å². The molecule has 1 saturated heterocycles. The summed E-state index contributed by atoms with van der Waals surface area (Å²) in [6.45, 7) is 5.43. The van der Waals surface area contributed by atoms with Crippen molar-refractivity contribution in [2.24, 2.45) is 0 Å². The number of ether oxygens (including phenoxy) is 2. The molecule has 1 N–H and O–H groups in total. The number of hydrogen-bond acceptors (Lipinski definition) is 9. The number of carbonyl (C=O) groups excluding carboxylic acids is 2. The minimum Gasteiger partial charge on any atom is -0.444 e. The Bertz CT molecular complexity index is 1270. The summed E-state index contributed by atoms with van der Waals surface area (Å²) in [6, 6.07) is 3.02. The van der Waals surface area contributed by atoms with E-state index in [1.165, 1.54) is 41.8 Å². The van der Waals surface area contributed by atoms with Gasteiger partial charge in [-0.15, -0.1) is 0 Å². The van der Waals surface area contributed by atoms with Crippen LogP contribution in [0.5, 0.6) is 0 Å². The van der Waals surface area contributed by atoms with Crippen LogP contribution in [0.1, 0.15) is 42.9 Å². The highest BCUT2D eigenvalue weighted by Gasteiger charge is 2.45. The highest BCUT2D eigenvalue weighted by molar-refractivity contribution is 7.88. The molecule has 3 rings (SSSR count). The number of aromatic nitrogens is 3. The Morgan fingerprint density at radius 2 is 1.86 bits per heavy atom. The van der Waals surface area contributed by atoms with Gasteiger partial charge in [0.2, 0.25) is 10.0 Å². The predicted molar refractivity (Wildman–Crippen MR) is 137 cm³/mol. The van der Waals surface area contributed by atoms with Gasteiger partial charge in [0.15, 0.2) is 0 Å². The first-order chi connectivity index (χ1) is 17.2. The van der Waals surface area contributed by atoms with Gasteiger partial charge < -0.3 is 14.8 Å². The Balaban J connectivity index is 2.14. The maximum Gasteiger partial charge on any atom is 0.410 e. The second-order valence-electron chi connectivity index (χ2n) is 9.49. The topological polar surface area (TPSA) is 144 Å². The zero-order valence-corrected chi connectivity index (χ0v) is 23.1. The van der Waals surface area contributed by atoms with Crippen molar-refractivity contribution in [2.75, 3.05) is 40.1 Å². The molecule has 2 aromatic rings. The maximum atomic E-state index is 13.1. The van der Waals surface area contributed by atoms with Gasteiger partial charge in [-0.1, -0.05) is 11.6 Å². The summed E-state index contributed by atoms with van der Waals surface area (Å²) < 4.78 is 38.0. The maximum absolute atomic E-state index is 13.1. The number of hydrogen-bond donors (Lipinski definition) is 1. The van der Waals surface area contributed by atoms with Crippen molar-refractivity contribution in [3.8, 4) is 11.4 Å². The van der Waals surface area contributed by atoms with Gasteiger partial charge in [-0.25, -0.2) is 28.2 Å². The molecule has 1 fully saturated rings. The van der Waals surface area contributed by atoms with Crippen molar-refractivity contribution in [1.82, 2.24) is 29.5 Å². The standard InChI is InChI=1S/C23H31ClN6O6S/c1-23(2,3)36-22(32)29-7-8-30(37(6,33)34)20(18(29)12-35-5)14-9-16(28-19(24)10-14)15-11-17(21(31)25-4)27-13-26-15/h9-11,13,18,20H,7-8,12H2,1-6H3,(H,25,31)/t18-,20-/m0/s1. The summed E-state index contributed by atoms with van der Waals surface area (Å²) in [5, 5.41) is 2.57. The Labute approximate surface area is 221 Å². The molecule has 0 saturated carbocycles. The van der Waals surface area contributed by atoms with Crippen LogP contribution in [0.25, 0.3) is 11.4 Å². The minimum atomic E-state index is -3.71. The van der Waals surface area contributed by atoms with Crippen LogP contribution in [-0.4, -0.2) is 96.3 Å². The fourth-order valence-electron chi connectivity index (χ4n) is 4.10. The van der Waals surface area contributed by atoms with Gasteiger partial charge in [0.25, 0.3) is 5.91 Å². The molecule has 3 heterocycles. The van der Waals surface area contributed by atoms with E-state index in [4.69, 9.17) is 21.1 Å². The summed E-state index contributed by atoms with van der Waals surface area (Å²) in [7, 11) is -0.764. The van der Waals surface area contributed by atoms with E-state index < -0.39 is 39.7 Å². The number of sulfonamides is 1. The van der Waals surface area contributed by atoms with Crippen LogP contribution in [0, 0.1) is 0 Å². The first-order valence-electron chi connectivity index (χ1n) is 11.4. The molecule has 0 bridgehead atoms. The van der Waals surface area contributed by atoms with E-state index in [0.717, 1.165) is 6.26 Å². The quantitative estimate of drug-likeness (QED) is 0.531. The Morgan fingerprint density at radius 3 is 2.46 bits per heavy atom. The number of methoxy groups -OCH3 is 1. The van der Waals surface area contributed by atoms with Crippen LogP contribution >= 0.6 is 11.6 Å². The smallest absolute Gasteiger partial charge is 0.410 e. The number of nitrogens with zero attached hydrogens (tertiary/aromatic N) is 5. The minimum absolute atomic E-state index is 0.0273. The lowest BCUT2D eigenvalue weighted by Gasteiger charge is -2.46. The van der Waals surface area contributed by atoms with Crippen LogP contribution in [-0.2, 0) is 19.5 Å². The molecule has 12 nitrogen and oxygen atoms in total. The van der Waals surface area contributed by atoms with Crippen molar-refractivity contribution in [2.45, 2.75) is 38.5 Å². The van der Waals surface area contributed by atoms with Crippen LogP contribution in [0.3, 0.4) is 0 Å². The monoisotopic (exact) mass is 554 g/mol. The third kappa shape index (κ3) is 6.92. The summed E-state index contributed by atoms with van der Waals surface area (Å²) in [5.41, 5.74) is 0.455. The van der Waals surface area contributed by atoms with Gasteiger partial charge in [0.05, 0.1) is 36.3 Å². The number of carbonyl (C=O) groups is 2. The average Bonchev–Trinajstić information content (AvgIpc) is 2.81. The van der Waals surface area contributed by atoms with Gasteiger partial charge >= 0.3 is 6.09 Å². The molecule has 0 aliphatic carbocycles. The molecule has 0 aromatic carbocycles. The second-order valence-corrected chi connectivity index (χ2v) is 11.8. The molecule has 37 heavy (non-hydrogen) atoms. The zero-order valence-electron chi connectivity index (χ0n) is 21.6. The third-order valence-electron chi connectivity index (χ3n) is 5.57. The van der Waals surface area contributed by atoms with E-state index in [0.29, 0.717) is 17.0 Å². The number of piperazine rings is 1. The number of amides is 2. The number of nitrogens with one attached hydrogen (secondary N) is 1. The van der Waals surface area contributed by atoms with Crippen molar-refractivity contribution in [3.63, 3.8) is 0 Å². The van der Waals surface area contributed by atoms with Crippen LogP contribution in [0.15, 0.2) is 24.5 Å². The van der Waals surface area contributed by atoms with E-state index in [9.17, 15) is 18.0 Å². The van der Waals surface area contributed by atoms with Crippen LogP contribution in [0.2, 0.25) is 5.15 Å². The zero-order chi connectivity index (χ0) is 27.5. The fraction of sp³-hybridized carbons (Fsp3) is 0.522. The lowest BCUT2D eigenvalue weighted by molar-refractivity contribution is -0.0224. The highest BCUT2D eigenvalue weighted by Crippen LogP contribution is 2.36. The van der Waals surface area contributed by atoms with E-state index in [2.05, 4.69) is 20.3 Å². The van der Waals surface area contributed by atoms with Crippen LogP contribution < -0.4 is 5.32 Å². The van der Waals surface area contributed by atoms with E-state index in [-0.39, 0.29) is 30.5 Å². The van der Waals surface area contributed by atoms with Gasteiger partial charge in [0, 0.05) is 27.2 Å². The van der Waals surface area contributed by atoms with Crippen LogP contribution in [0.4, 0.5) is 4.79 Å². The second kappa shape index (κ2) is 11.3. The molecule has 202 valence electrons. The van der Waals surface area contributed by atoms with Crippen molar-refractivity contribution >= 4 is 33.6 Å². The summed E-state index contributed by atoms with van der Waals surface area (Å²) in [5.74, 6) is -0.408. The largest absolute Gasteiger partial charge is 0.444 e. The molecular weight excluding hydrogens is 524 g/mol. The first kappa shape index (κ1) is 28.7. The molecule has 0 spiro atoms. The van der Waals surface area contributed by atoms with Crippen molar-refractivity contribution < 1.29 is 27.5 Å². The van der Waals surface area contributed by atoms with Gasteiger partial charge in [-0.05, 0) is 44.5 Å². The molecule has 2 amide bonds. The third-order valence-corrected chi connectivity index (χ3v) is 7.03. The van der Waals surface area contributed by atoms with E-state index >= 15 is 0 Å². The van der Waals surface area contributed by atoms with Gasteiger partial charge in [0.1, 0.15) is 22.8 Å². The fourth-order valence-corrected chi connectivity index (χ4v) is 5.41. The first-order valence-corrected chi connectivity index (χ1v) is 13.6. The number of pyridine rings is 1. The van der Waals surface area contributed by atoms with Gasteiger partial charge in [-0.3, -0.25) is 9.69 Å². The van der Waals surface area contributed by atoms with E-state index in [1.54, 1.807) is 26.8 Å². The highest BCUT2D eigenvalue weighted by atomic mass is 35.5. The normalized spacial score (nSPS) is 18.9. The van der Waals surface area contributed by atoms with E-state index in [1.807, 2.05) is 0 Å². The summed E-state index contributed by atoms with van der Waals surface area (Å²) in [4.78, 5) is 39.1. The Hall–Kier alpha value is -2.87. The lowest BCUT2D eigenvalue weighted by atomic mass is 9.96. The molecule has 1 aliphatic rings. The summed E-state index contributed by atoms with van der Waals surface area (Å²) >= 11 is 6.38. The molecular formula is C23H31ClN6O6S. The lowest BCUT2D eigenvalue weighted by Crippen LogP contribution is -2.60. The Morgan fingerprint density at radius 1 is 1.16 bits per heavy atom. The number of halogens is 1. The summed E-state index contributed by atoms with van der Waals surface area (Å²) in [6.07, 6.45) is 1.75.